The van der Waals surface area contributed by atoms with Crippen LogP contribution in [0.15, 0.2) is 0 Å². The molecule has 1 N–H and O–H groups in total. The van der Waals surface area contributed by atoms with Gasteiger partial charge in [0, 0.05) is 6.04 Å². The molecule has 1 aliphatic rings. The van der Waals surface area contributed by atoms with Gasteiger partial charge in [0.15, 0.2) is 0 Å². The van der Waals surface area contributed by atoms with Gasteiger partial charge in [-0.3, -0.25) is 4.90 Å². The highest BCUT2D eigenvalue weighted by Crippen LogP contribution is 2.16. The van der Waals surface area contributed by atoms with Crippen LogP contribution in [0.2, 0.25) is 0 Å². The summed E-state index contributed by atoms with van der Waals surface area (Å²) in [5.74, 6) is 0. The lowest BCUT2D eigenvalue weighted by atomic mass is 10.0. The Hall–Kier alpha value is -0.0800. The molecule has 0 amide bonds. The van der Waals surface area contributed by atoms with Crippen molar-refractivity contribution in [3.8, 4) is 0 Å². The summed E-state index contributed by atoms with van der Waals surface area (Å²) in [6.07, 6.45) is 4.68. The number of rotatable bonds is 3. The number of aliphatic hydroxyl groups is 1. The number of likely N-dealkylation sites (tertiary alicyclic amines) is 1. The van der Waals surface area contributed by atoms with Crippen molar-refractivity contribution in [3.05, 3.63) is 6.92 Å². The quantitative estimate of drug-likeness (QED) is 0.660. The average molecular weight is 156 g/mol. The fourth-order valence-corrected chi connectivity index (χ4v) is 1.76. The van der Waals surface area contributed by atoms with Gasteiger partial charge in [-0.25, -0.2) is 0 Å². The summed E-state index contributed by atoms with van der Waals surface area (Å²) < 4.78 is 0. The van der Waals surface area contributed by atoms with Crippen molar-refractivity contribution < 1.29 is 5.11 Å². The van der Waals surface area contributed by atoms with Crippen LogP contribution in [0, 0.1) is 6.92 Å². The number of aliphatic hydroxyl groups excluding tert-OH is 1. The van der Waals surface area contributed by atoms with Gasteiger partial charge in [0.25, 0.3) is 0 Å². The summed E-state index contributed by atoms with van der Waals surface area (Å²) in [6.45, 7) is 6.35. The summed E-state index contributed by atoms with van der Waals surface area (Å²) in [6, 6.07) is 0.422. The minimum absolute atomic E-state index is 0.319. The molecule has 0 aromatic carbocycles. The van der Waals surface area contributed by atoms with Crippen LogP contribution in [0.1, 0.15) is 25.7 Å². The topological polar surface area (TPSA) is 23.5 Å². The Balaban J connectivity index is 2.31. The fraction of sp³-hybridized carbons (Fsp3) is 0.889. The number of piperidine rings is 1. The molecule has 1 fully saturated rings. The predicted molar refractivity (Wildman–Crippen MR) is 46.3 cm³/mol. The summed E-state index contributed by atoms with van der Waals surface area (Å²) in [5.41, 5.74) is 0. The Morgan fingerprint density at radius 2 is 2.27 bits per heavy atom. The van der Waals surface area contributed by atoms with Crippen molar-refractivity contribution >= 4 is 0 Å². The van der Waals surface area contributed by atoms with Gasteiger partial charge in [-0.1, -0.05) is 13.3 Å². The summed E-state index contributed by atoms with van der Waals surface area (Å²) in [4.78, 5) is 2.36. The molecule has 1 radical (unpaired) electrons. The van der Waals surface area contributed by atoms with Crippen molar-refractivity contribution in [2.75, 3.05) is 19.7 Å². The standard InChI is InChI=1S/C9H18NO/c1-2-6-10-7-4-3-5-9(10)8-11/h9,11H,1-8H2. The molecule has 0 aliphatic carbocycles. The Labute approximate surface area is 69.2 Å². The molecule has 2 heteroatoms. The summed E-state index contributed by atoms with van der Waals surface area (Å²) >= 11 is 0. The van der Waals surface area contributed by atoms with Crippen LogP contribution >= 0.6 is 0 Å². The smallest absolute Gasteiger partial charge is 0.0586 e. The third-order valence-corrected chi connectivity index (χ3v) is 2.41. The Morgan fingerprint density at radius 3 is 2.91 bits per heavy atom. The number of hydrogen-bond acceptors (Lipinski definition) is 2. The normalized spacial score (nSPS) is 27.3. The molecule has 1 rings (SSSR count). The third kappa shape index (κ3) is 2.46. The maximum Gasteiger partial charge on any atom is 0.0586 e. The molecular formula is C9H18NO. The van der Waals surface area contributed by atoms with Gasteiger partial charge in [-0.2, -0.15) is 0 Å². The monoisotopic (exact) mass is 156 g/mol. The fourth-order valence-electron chi connectivity index (χ4n) is 1.76. The van der Waals surface area contributed by atoms with E-state index in [9.17, 15) is 0 Å². The zero-order valence-corrected chi connectivity index (χ0v) is 7.13. The first-order valence-electron chi connectivity index (χ1n) is 4.52. The summed E-state index contributed by atoms with van der Waals surface area (Å²) in [7, 11) is 0. The zero-order valence-electron chi connectivity index (χ0n) is 7.13. The van der Waals surface area contributed by atoms with Gasteiger partial charge in [0.2, 0.25) is 0 Å². The van der Waals surface area contributed by atoms with Crippen molar-refractivity contribution in [2.24, 2.45) is 0 Å². The molecule has 1 atom stereocenters. The van der Waals surface area contributed by atoms with Crippen LogP contribution in [-0.2, 0) is 0 Å². The average Bonchev–Trinajstić information content (AvgIpc) is 2.06. The van der Waals surface area contributed by atoms with Crippen LogP contribution in [0.3, 0.4) is 0 Å². The van der Waals surface area contributed by atoms with E-state index < -0.39 is 0 Å². The first kappa shape index (κ1) is 9.01. The van der Waals surface area contributed by atoms with Gasteiger partial charge in [-0.15, -0.1) is 0 Å². The van der Waals surface area contributed by atoms with Crippen molar-refractivity contribution in [3.63, 3.8) is 0 Å². The lowest BCUT2D eigenvalue weighted by Gasteiger charge is -2.34. The van der Waals surface area contributed by atoms with E-state index in [2.05, 4.69) is 11.8 Å². The maximum absolute atomic E-state index is 9.03. The van der Waals surface area contributed by atoms with Crippen molar-refractivity contribution in [2.45, 2.75) is 31.7 Å². The molecular weight excluding hydrogens is 138 g/mol. The Bertz CT molecular complexity index is 104. The van der Waals surface area contributed by atoms with Gasteiger partial charge < -0.3 is 5.11 Å². The van der Waals surface area contributed by atoms with Gasteiger partial charge in [0.1, 0.15) is 0 Å². The number of nitrogens with zero attached hydrogens (tertiary/aromatic N) is 1. The zero-order chi connectivity index (χ0) is 8.10. The van der Waals surface area contributed by atoms with E-state index in [0.717, 1.165) is 25.9 Å². The van der Waals surface area contributed by atoms with E-state index >= 15 is 0 Å². The highest BCUT2D eigenvalue weighted by atomic mass is 16.3. The van der Waals surface area contributed by atoms with Gasteiger partial charge in [0.05, 0.1) is 6.61 Å². The van der Waals surface area contributed by atoms with Crippen molar-refractivity contribution in [1.29, 1.82) is 0 Å². The van der Waals surface area contributed by atoms with E-state index in [1.165, 1.54) is 12.8 Å². The van der Waals surface area contributed by atoms with Crippen LogP contribution in [0.25, 0.3) is 0 Å². The lowest BCUT2D eigenvalue weighted by Crippen LogP contribution is -2.42. The second-order valence-electron chi connectivity index (χ2n) is 3.22. The maximum atomic E-state index is 9.03. The van der Waals surface area contributed by atoms with Crippen LogP contribution in [0.5, 0.6) is 0 Å². The third-order valence-electron chi connectivity index (χ3n) is 2.41. The second-order valence-corrected chi connectivity index (χ2v) is 3.22. The lowest BCUT2D eigenvalue weighted by molar-refractivity contribution is 0.0918. The molecule has 0 aromatic heterocycles. The second kappa shape index (κ2) is 4.73. The van der Waals surface area contributed by atoms with Crippen LogP contribution in [-0.4, -0.2) is 35.7 Å². The van der Waals surface area contributed by atoms with E-state index in [0.29, 0.717) is 12.6 Å². The Morgan fingerprint density at radius 1 is 1.45 bits per heavy atom. The first-order valence-corrected chi connectivity index (χ1v) is 4.52. The molecule has 1 heterocycles. The number of hydrogen-bond donors (Lipinski definition) is 1. The van der Waals surface area contributed by atoms with Crippen LogP contribution in [0.4, 0.5) is 0 Å². The predicted octanol–water partition coefficient (Wildman–Crippen LogP) is 1.06. The Kier molecular flexibility index (Phi) is 3.87. The van der Waals surface area contributed by atoms with E-state index in [1.54, 1.807) is 0 Å². The molecule has 11 heavy (non-hydrogen) atoms. The molecule has 1 unspecified atom stereocenters. The minimum atomic E-state index is 0.319. The first-order chi connectivity index (χ1) is 5.38. The molecule has 1 aliphatic heterocycles. The molecule has 0 bridgehead atoms. The SMILES string of the molecule is [CH2]CCN1CCCCC1CO. The molecule has 0 saturated carbocycles. The van der Waals surface area contributed by atoms with Crippen molar-refractivity contribution in [1.82, 2.24) is 4.90 Å². The largest absolute Gasteiger partial charge is 0.395 e. The van der Waals surface area contributed by atoms with E-state index in [-0.39, 0.29) is 0 Å². The highest BCUT2D eigenvalue weighted by Gasteiger charge is 2.19. The molecule has 0 spiro atoms. The molecule has 0 aromatic rings. The van der Waals surface area contributed by atoms with E-state index in [1.807, 2.05) is 0 Å². The van der Waals surface area contributed by atoms with Gasteiger partial charge >= 0.3 is 0 Å². The molecule has 1 saturated heterocycles. The molecule has 2 nitrogen and oxygen atoms in total. The summed E-state index contributed by atoms with van der Waals surface area (Å²) in [5, 5.41) is 9.03. The van der Waals surface area contributed by atoms with E-state index in [4.69, 9.17) is 5.11 Å². The van der Waals surface area contributed by atoms with Crippen LogP contribution < -0.4 is 0 Å². The highest BCUT2D eigenvalue weighted by molar-refractivity contribution is 4.75. The molecule has 65 valence electrons. The minimum Gasteiger partial charge on any atom is -0.395 e. The van der Waals surface area contributed by atoms with Gasteiger partial charge in [-0.05, 0) is 32.4 Å².